The summed E-state index contributed by atoms with van der Waals surface area (Å²) in [7, 11) is 0. The number of aliphatic hydroxyl groups excluding tert-OH is 5. The van der Waals surface area contributed by atoms with Crippen molar-refractivity contribution in [3.8, 4) is 0 Å². The van der Waals surface area contributed by atoms with Gasteiger partial charge >= 0.3 is 5.97 Å². The zero-order chi connectivity index (χ0) is 55.4. The molecule has 0 aromatic heterocycles. The van der Waals surface area contributed by atoms with Crippen molar-refractivity contribution < 1.29 is 49.3 Å². The summed E-state index contributed by atoms with van der Waals surface area (Å²) < 4.78 is 17.6. The smallest absolute Gasteiger partial charge is 0.306 e. The van der Waals surface area contributed by atoms with Crippen LogP contribution in [0.4, 0.5) is 0 Å². The maximum absolute atomic E-state index is 13.4. The Morgan fingerprint density at radius 1 is 0.526 bits per heavy atom. The summed E-state index contributed by atoms with van der Waals surface area (Å²) in [4.78, 5) is 26.5. The van der Waals surface area contributed by atoms with Gasteiger partial charge in [0.05, 0.1) is 25.4 Å². The molecule has 8 atom stereocenters. The normalized spacial score (nSPS) is 19.7. The summed E-state index contributed by atoms with van der Waals surface area (Å²) in [6.07, 6.45) is 57.7. The monoisotopic (exact) mass is 1070 g/mol. The van der Waals surface area contributed by atoms with Crippen molar-refractivity contribution in [2.75, 3.05) is 13.2 Å². The molecule has 438 valence electrons. The second kappa shape index (κ2) is 52.5. The van der Waals surface area contributed by atoms with Crippen LogP contribution in [0.25, 0.3) is 0 Å². The van der Waals surface area contributed by atoms with Crippen LogP contribution in [0.2, 0.25) is 0 Å². The van der Waals surface area contributed by atoms with Crippen LogP contribution in [0, 0.1) is 0 Å². The molecular formula is C65H113NO10. The molecule has 1 heterocycles. The SMILES string of the molecule is CC/C=C\C/C=C\C/C=C\C/C=C\C/C=C\CCCCCCCCCCC(O)C(=O)NC(COC1OC(CO)C(O)C(O)C1OC(=O)CCCCCCC/C=C\CCCC)C(O)/C=C/CCCCCCCCCCCC. The summed E-state index contributed by atoms with van der Waals surface area (Å²) in [5.74, 6) is -1.21. The van der Waals surface area contributed by atoms with Crippen LogP contribution in [-0.4, -0.2) is 99.6 Å². The molecule has 1 amide bonds. The van der Waals surface area contributed by atoms with Gasteiger partial charge in [-0.1, -0.05) is 241 Å². The number of ether oxygens (including phenoxy) is 3. The molecule has 1 aliphatic heterocycles. The van der Waals surface area contributed by atoms with Crippen LogP contribution in [0.15, 0.2) is 85.1 Å². The van der Waals surface area contributed by atoms with Gasteiger partial charge in [0.2, 0.25) is 5.91 Å². The van der Waals surface area contributed by atoms with Crippen molar-refractivity contribution in [1.82, 2.24) is 5.32 Å². The van der Waals surface area contributed by atoms with Gasteiger partial charge < -0.3 is 45.1 Å². The standard InChI is InChI=1S/C65H113NO10/c1-4-7-10-13-16-19-22-24-25-26-27-28-29-30-31-32-33-34-35-38-40-43-46-49-52-58(69)64(73)66-56(57(68)51-48-45-42-39-37-23-20-17-14-11-8-5-2)55-74-65-63(62(72)61(71)59(54-67)75-65)76-60(70)53-50-47-44-41-36-21-18-15-12-9-6-3/h7,10,15-16,18-19,24-25,27-28,30-31,48,51,56-59,61-63,65,67-69,71-72H,4-6,8-9,11-14,17,20-23,26,29,32-47,49-50,52-55H2,1-3H3,(H,66,73)/b10-7-,18-15-,19-16-,25-24-,28-27-,31-30-,51-48+. The van der Waals surface area contributed by atoms with Crippen LogP contribution in [-0.2, 0) is 23.8 Å². The molecule has 11 nitrogen and oxygen atoms in total. The first-order valence-electron chi connectivity index (χ1n) is 30.9. The van der Waals surface area contributed by atoms with Crippen LogP contribution >= 0.6 is 0 Å². The molecule has 1 aliphatic rings. The number of amides is 1. The highest BCUT2D eigenvalue weighted by atomic mass is 16.7. The van der Waals surface area contributed by atoms with E-state index in [2.05, 4.69) is 99.0 Å². The van der Waals surface area contributed by atoms with Crippen molar-refractivity contribution in [1.29, 1.82) is 0 Å². The van der Waals surface area contributed by atoms with Gasteiger partial charge in [-0.2, -0.15) is 0 Å². The number of carbonyl (C=O) groups excluding carboxylic acids is 2. The molecule has 76 heavy (non-hydrogen) atoms. The zero-order valence-corrected chi connectivity index (χ0v) is 48.3. The van der Waals surface area contributed by atoms with E-state index >= 15 is 0 Å². The van der Waals surface area contributed by atoms with Gasteiger partial charge in [-0.15, -0.1) is 0 Å². The summed E-state index contributed by atoms with van der Waals surface area (Å²) in [5.41, 5.74) is 0. The second-order valence-electron chi connectivity index (χ2n) is 21.0. The molecule has 0 bridgehead atoms. The highest BCUT2D eigenvalue weighted by molar-refractivity contribution is 5.80. The minimum atomic E-state index is -1.62. The van der Waals surface area contributed by atoms with E-state index in [1.807, 2.05) is 6.08 Å². The Balaban J connectivity index is 2.64. The fraction of sp³-hybridized carbons (Fsp3) is 0.754. The van der Waals surface area contributed by atoms with E-state index in [0.29, 0.717) is 12.8 Å². The first kappa shape index (κ1) is 70.9. The van der Waals surface area contributed by atoms with Crippen molar-refractivity contribution >= 4 is 11.9 Å². The number of carbonyl (C=O) groups is 2. The molecule has 0 spiro atoms. The summed E-state index contributed by atoms with van der Waals surface area (Å²) in [5, 5.41) is 56.9. The summed E-state index contributed by atoms with van der Waals surface area (Å²) in [6, 6.07) is -1.03. The lowest BCUT2D eigenvalue weighted by molar-refractivity contribution is -0.305. The lowest BCUT2D eigenvalue weighted by atomic mass is 9.99. The minimum Gasteiger partial charge on any atom is -0.454 e. The van der Waals surface area contributed by atoms with Crippen molar-refractivity contribution in [2.45, 2.75) is 301 Å². The van der Waals surface area contributed by atoms with E-state index in [1.165, 1.54) is 89.9 Å². The topological polar surface area (TPSA) is 175 Å². The van der Waals surface area contributed by atoms with Crippen LogP contribution in [0.3, 0.4) is 0 Å². The Labute approximate surface area is 463 Å². The molecule has 0 saturated carbocycles. The molecule has 0 radical (unpaired) electrons. The molecule has 11 heteroatoms. The number of unbranched alkanes of at least 4 members (excludes halogenated alkanes) is 25. The van der Waals surface area contributed by atoms with E-state index in [-0.39, 0.29) is 19.4 Å². The van der Waals surface area contributed by atoms with E-state index < -0.39 is 67.4 Å². The van der Waals surface area contributed by atoms with Gasteiger partial charge in [0.1, 0.15) is 24.4 Å². The van der Waals surface area contributed by atoms with Crippen molar-refractivity contribution in [3.63, 3.8) is 0 Å². The van der Waals surface area contributed by atoms with Crippen LogP contribution in [0.1, 0.15) is 252 Å². The Bertz CT molecular complexity index is 1560. The van der Waals surface area contributed by atoms with E-state index in [1.54, 1.807) is 6.08 Å². The number of esters is 1. The Kier molecular flexibility index (Phi) is 49.0. The lowest BCUT2D eigenvalue weighted by Gasteiger charge is -2.41. The van der Waals surface area contributed by atoms with Gasteiger partial charge in [-0.05, 0) is 89.9 Å². The molecule has 0 aromatic carbocycles. The highest BCUT2D eigenvalue weighted by Gasteiger charge is 2.47. The highest BCUT2D eigenvalue weighted by Crippen LogP contribution is 2.26. The molecule has 6 N–H and O–H groups in total. The second-order valence-corrected chi connectivity index (χ2v) is 21.0. The molecule has 8 unspecified atom stereocenters. The number of aliphatic hydroxyl groups is 5. The minimum absolute atomic E-state index is 0.110. The third-order valence-electron chi connectivity index (χ3n) is 14.0. The Morgan fingerprint density at radius 3 is 1.47 bits per heavy atom. The van der Waals surface area contributed by atoms with Gasteiger partial charge in [-0.3, -0.25) is 9.59 Å². The molecule has 1 fully saturated rings. The van der Waals surface area contributed by atoms with Crippen molar-refractivity contribution in [2.24, 2.45) is 0 Å². The quantitative estimate of drug-likeness (QED) is 0.0195. The molecular weight excluding hydrogens is 955 g/mol. The number of nitrogens with one attached hydrogen (secondary N) is 1. The van der Waals surface area contributed by atoms with E-state index in [0.717, 1.165) is 116 Å². The van der Waals surface area contributed by atoms with Crippen molar-refractivity contribution in [3.05, 3.63) is 85.1 Å². The first-order valence-corrected chi connectivity index (χ1v) is 30.9. The van der Waals surface area contributed by atoms with E-state index in [9.17, 15) is 35.1 Å². The third-order valence-corrected chi connectivity index (χ3v) is 14.0. The summed E-state index contributed by atoms with van der Waals surface area (Å²) >= 11 is 0. The number of rotatable bonds is 51. The predicted molar refractivity (Wildman–Crippen MR) is 315 cm³/mol. The van der Waals surface area contributed by atoms with Gasteiger partial charge in [0.15, 0.2) is 12.4 Å². The average Bonchev–Trinajstić information content (AvgIpc) is 3.42. The predicted octanol–water partition coefficient (Wildman–Crippen LogP) is 14.6. The maximum Gasteiger partial charge on any atom is 0.306 e. The van der Waals surface area contributed by atoms with Gasteiger partial charge in [0.25, 0.3) is 0 Å². The number of hydrogen-bond donors (Lipinski definition) is 6. The molecule has 1 rings (SSSR count). The fourth-order valence-corrected chi connectivity index (χ4v) is 9.13. The van der Waals surface area contributed by atoms with Crippen LogP contribution in [0.5, 0.6) is 0 Å². The summed E-state index contributed by atoms with van der Waals surface area (Å²) in [6.45, 7) is 5.61. The molecule has 1 saturated heterocycles. The number of allylic oxidation sites excluding steroid dienone is 13. The van der Waals surface area contributed by atoms with Gasteiger partial charge in [0, 0.05) is 6.42 Å². The maximum atomic E-state index is 13.4. The fourth-order valence-electron chi connectivity index (χ4n) is 9.13. The van der Waals surface area contributed by atoms with Gasteiger partial charge in [-0.25, -0.2) is 0 Å². The lowest BCUT2D eigenvalue weighted by Crippen LogP contribution is -2.61. The average molecular weight is 1070 g/mol. The Hall–Kier alpha value is -3.16. The third kappa shape index (κ3) is 40.1. The molecule has 0 aliphatic carbocycles. The molecule has 0 aromatic rings. The zero-order valence-electron chi connectivity index (χ0n) is 48.3. The van der Waals surface area contributed by atoms with Crippen LogP contribution < -0.4 is 5.32 Å². The van der Waals surface area contributed by atoms with E-state index in [4.69, 9.17) is 14.2 Å². The number of hydrogen-bond acceptors (Lipinski definition) is 10. The largest absolute Gasteiger partial charge is 0.454 e. The first-order chi connectivity index (χ1) is 37.2. The Morgan fingerprint density at radius 2 is 0.961 bits per heavy atom.